The van der Waals surface area contributed by atoms with Crippen LogP contribution >= 0.6 is 11.3 Å². The third kappa shape index (κ3) is 2.63. The number of aryl methyl sites for hydroxylation is 2. The third-order valence-corrected chi connectivity index (χ3v) is 4.72. The molecule has 0 aliphatic rings. The second kappa shape index (κ2) is 6.01. The number of anilines is 1. The summed E-state index contributed by atoms with van der Waals surface area (Å²) in [5, 5.41) is 9.80. The van der Waals surface area contributed by atoms with Crippen molar-refractivity contribution >= 4 is 28.2 Å². The van der Waals surface area contributed by atoms with E-state index in [1.165, 1.54) is 4.88 Å². The summed E-state index contributed by atoms with van der Waals surface area (Å²) in [7, 11) is 0. The molecule has 1 N–H and O–H groups in total. The summed E-state index contributed by atoms with van der Waals surface area (Å²) < 4.78 is 1.82. The largest absolute Gasteiger partial charge is 0.364 e. The van der Waals surface area contributed by atoms with E-state index < -0.39 is 0 Å². The predicted octanol–water partition coefficient (Wildman–Crippen LogP) is 3.50. The van der Waals surface area contributed by atoms with Gasteiger partial charge in [-0.2, -0.15) is 5.10 Å². The molecule has 3 aromatic heterocycles. The second-order valence-electron chi connectivity index (χ2n) is 5.44. The molecule has 0 spiro atoms. The fourth-order valence-corrected chi connectivity index (χ4v) is 3.48. The number of hydrogen-bond donors (Lipinski definition) is 1. The van der Waals surface area contributed by atoms with Crippen molar-refractivity contribution in [3.63, 3.8) is 0 Å². The molecule has 1 aromatic carbocycles. The zero-order valence-electron chi connectivity index (χ0n) is 13.4. The molecule has 0 bridgehead atoms. The van der Waals surface area contributed by atoms with Crippen LogP contribution in [0, 0.1) is 13.8 Å². The van der Waals surface area contributed by atoms with Crippen molar-refractivity contribution in [3.8, 4) is 5.69 Å². The summed E-state index contributed by atoms with van der Waals surface area (Å²) in [5.74, 6) is 0.771. The van der Waals surface area contributed by atoms with Crippen LogP contribution in [0.25, 0.3) is 16.7 Å². The zero-order valence-corrected chi connectivity index (χ0v) is 14.2. The minimum absolute atomic E-state index is 0.638. The molecule has 7 heteroatoms. The SMILES string of the molecule is Cc1nc(CNc2ncnc3c2cnn3-c2ccccc2)c(C)s1. The van der Waals surface area contributed by atoms with Crippen LogP contribution in [0.3, 0.4) is 0 Å². The Kier molecular flexibility index (Phi) is 3.70. The molecule has 0 saturated heterocycles. The minimum Gasteiger partial charge on any atom is -0.364 e. The lowest BCUT2D eigenvalue weighted by Crippen LogP contribution is -2.04. The van der Waals surface area contributed by atoms with Gasteiger partial charge in [-0.05, 0) is 26.0 Å². The Morgan fingerprint density at radius 2 is 1.96 bits per heavy atom. The monoisotopic (exact) mass is 336 g/mol. The van der Waals surface area contributed by atoms with Gasteiger partial charge in [0.2, 0.25) is 0 Å². The summed E-state index contributed by atoms with van der Waals surface area (Å²) in [6, 6.07) is 9.95. The lowest BCUT2D eigenvalue weighted by atomic mass is 10.3. The molecular weight excluding hydrogens is 320 g/mol. The van der Waals surface area contributed by atoms with Crippen molar-refractivity contribution in [2.75, 3.05) is 5.32 Å². The highest BCUT2D eigenvalue weighted by molar-refractivity contribution is 7.11. The number of rotatable bonds is 4. The number of hydrogen-bond acceptors (Lipinski definition) is 6. The smallest absolute Gasteiger partial charge is 0.168 e. The number of nitrogens with one attached hydrogen (secondary N) is 1. The fourth-order valence-electron chi connectivity index (χ4n) is 2.65. The van der Waals surface area contributed by atoms with Crippen molar-refractivity contribution in [1.29, 1.82) is 0 Å². The standard InChI is InChI=1S/C17H16N6S/c1-11-15(22-12(2)24-11)9-18-16-14-8-21-23(17(14)20-10-19-16)13-6-4-3-5-7-13/h3-8,10H,9H2,1-2H3,(H,18,19,20). The van der Waals surface area contributed by atoms with E-state index in [9.17, 15) is 0 Å². The maximum Gasteiger partial charge on any atom is 0.168 e. The molecule has 0 saturated carbocycles. The molecule has 4 rings (SSSR count). The van der Waals surface area contributed by atoms with Crippen molar-refractivity contribution in [1.82, 2.24) is 24.7 Å². The number of benzene rings is 1. The Bertz CT molecular complexity index is 989. The van der Waals surface area contributed by atoms with Gasteiger partial charge in [0.1, 0.15) is 12.1 Å². The van der Waals surface area contributed by atoms with Gasteiger partial charge < -0.3 is 5.32 Å². The molecule has 24 heavy (non-hydrogen) atoms. The Morgan fingerprint density at radius 3 is 2.71 bits per heavy atom. The molecule has 0 unspecified atom stereocenters. The van der Waals surface area contributed by atoms with Crippen molar-refractivity contribution < 1.29 is 0 Å². The van der Waals surface area contributed by atoms with E-state index in [-0.39, 0.29) is 0 Å². The van der Waals surface area contributed by atoms with Gasteiger partial charge in [0.05, 0.1) is 34.5 Å². The quantitative estimate of drug-likeness (QED) is 0.618. The fraction of sp³-hybridized carbons (Fsp3) is 0.176. The summed E-state index contributed by atoms with van der Waals surface area (Å²) in [4.78, 5) is 14.5. The lowest BCUT2D eigenvalue weighted by Gasteiger charge is -2.06. The van der Waals surface area contributed by atoms with Crippen molar-refractivity contribution in [2.24, 2.45) is 0 Å². The average Bonchev–Trinajstić information content (AvgIpc) is 3.17. The van der Waals surface area contributed by atoms with Crippen LogP contribution in [0.5, 0.6) is 0 Å². The third-order valence-electron chi connectivity index (χ3n) is 3.79. The number of para-hydroxylation sites is 1. The number of nitrogens with zero attached hydrogens (tertiary/aromatic N) is 5. The molecule has 0 amide bonds. The highest BCUT2D eigenvalue weighted by atomic mass is 32.1. The van der Waals surface area contributed by atoms with Gasteiger partial charge in [0.25, 0.3) is 0 Å². The first-order valence-electron chi connectivity index (χ1n) is 7.63. The van der Waals surface area contributed by atoms with Gasteiger partial charge in [-0.25, -0.2) is 19.6 Å². The Labute approximate surface area is 143 Å². The van der Waals surface area contributed by atoms with Gasteiger partial charge in [0, 0.05) is 4.88 Å². The Balaban J connectivity index is 1.67. The van der Waals surface area contributed by atoms with Gasteiger partial charge in [-0.15, -0.1) is 11.3 Å². The van der Waals surface area contributed by atoms with E-state index >= 15 is 0 Å². The van der Waals surface area contributed by atoms with Crippen LogP contribution in [-0.4, -0.2) is 24.7 Å². The van der Waals surface area contributed by atoms with E-state index in [2.05, 4.69) is 32.3 Å². The average molecular weight is 336 g/mol. The van der Waals surface area contributed by atoms with Crippen molar-refractivity contribution in [2.45, 2.75) is 20.4 Å². The van der Waals surface area contributed by atoms with Gasteiger partial charge in [-0.1, -0.05) is 18.2 Å². The number of fused-ring (bicyclic) bond motifs is 1. The van der Waals surface area contributed by atoms with Crippen molar-refractivity contribution in [3.05, 3.63) is 58.4 Å². The maximum atomic E-state index is 4.55. The highest BCUT2D eigenvalue weighted by Crippen LogP contribution is 2.23. The topological polar surface area (TPSA) is 68.5 Å². The molecular formula is C17H16N6S. The first kappa shape index (κ1) is 14.8. The van der Waals surface area contributed by atoms with Crippen LogP contribution in [0.2, 0.25) is 0 Å². The van der Waals surface area contributed by atoms with Crippen LogP contribution in [0.15, 0.2) is 42.9 Å². The van der Waals surface area contributed by atoms with E-state index in [1.54, 1.807) is 23.9 Å². The van der Waals surface area contributed by atoms with E-state index in [0.29, 0.717) is 6.54 Å². The predicted molar refractivity (Wildman–Crippen MR) is 95.6 cm³/mol. The van der Waals surface area contributed by atoms with Gasteiger partial charge in [-0.3, -0.25) is 0 Å². The minimum atomic E-state index is 0.638. The molecule has 6 nitrogen and oxygen atoms in total. The van der Waals surface area contributed by atoms with Gasteiger partial charge in [0.15, 0.2) is 5.65 Å². The van der Waals surface area contributed by atoms with Crippen LogP contribution in [0.4, 0.5) is 5.82 Å². The molecule has 0 radical (unpaired) electrons. The summed E-state index contributed by atoms with van der Waals surface area (Å²) in [6.07, 6.45) is 3.36. The Hall–Kier alpha value is -2.80. The highest BCUT2D eigenvalue weighted by Gasteiger charge is 2.12. The molecule has 0 fully saturated rings. The maximum absolute atomic E-state index is 4.55. The second-order valence-corrected chi connectivity index (χ2v) is 6.85. The van der Waals surface area contributed by atoms with Crippen LogP contribution in [0.1, 0.15) is 15.6 Å². The summed E-state index contributed by atoms with van der Waals surface area (Å²) >= 11 is 1.71. The molecule has 3 heterocycles. The normalized spacial score (nSPS) is 11.1. The zero-order chi connectivity index (χ0) is 16.5. The number of thiazole rings is 1. The molecule has 4 aromatic rings. The van der Waals surface area contributed by atoms with E-state index in [0.717, 1.165) is 33.2 Å². The molecule has 0 aliphatic heterocycles. The molecule has 0 atom stereocenters. The van der Waals surface area contributed by atoms with Crippen LogP contribution in [-0.2, 0) is 6.54 Å². The summed E-state index contributed by atoms with van der Waals surface area (Å²) in [6.45, 7) is 4.75. The summed E-state index contributed by atoms with van der Waals surface area (Å²) in [5.41, 5.74) is 2.81. The first-order valence-corrected chi connectivity index (χ1v) is 8.45. The van der Waals surface area contributed by atoms with E-state index in [4.69, 9.17) is 0 Å². The van der Waals surface area contributed by atoms with Crippen LogP contribution < -0.4 is 5.32 Å². The Morgan fingerprint density at radius 1 is 1.12 bits per heavy atom. The number of aromatic nitrogens is 5. The van der Waals surface area contributed by atoms with Gasteiger partial charge >= 0.3 is 0 Å². The molecule has 120 valence electrons. The van der Waals surface area contributed by atoms with E-state index in [1.807, 2.05) is 41.9 Å². The lowest BCUT2D eigenvalue weighted by molar-refractivity contribution is 0.895. The molecule has 0 aliphatic carbocycles. The first-order chi connectivity index (χ1) is 11.7.